The Labute approximate surface area is 180 Å². The summed E-state index contributed by atoms with van der Waals surface area (Å²) < 4.78 is 7.67. The van der Waals surface area contributed by atoms with Crippen LogP contribution in [0.4, 0.5) is 0 Å². The Hall–Kier alpha value is -2.44. The largest absolute Gasteiger partial charge is 0.487 e. The molecule has 0 aliphatic heterocycles. The van der Waals surface area contributed by atoms with Gasteiger partial charge in [-0.3, -0.25) is 4.79 Å². The average Bonchev–Trinajstić information content (AvgIpc) is 2.68. The van der Waals surface area contributed by atoms with Gasteiger partial charge in [0.05, 0.1) is 10.7 Å². The van der Waals surface area contributed by atoms with Crippen molar-refractivity contribution in [2.24, 2.45) is 5.10 Å². The Balaban J connectivity index is 1.76. The van der Waals surface area contributed by atoms with E-state index in [1.54, 1.807) is 12.3 Å². The van der Waals surface area contributed by atoms with Gasteiger partial charge in [-0.25, -0.2) is 5.43 Å². The molecular weight excluding hydrogens is 484 g/mol. The zero-order chi connectivity index (χ0) is 19.9. The van der Waals surface area contributed by atoms with Gasteiger partial charge in [-0.15, -0.1) is 0 Å². The van der Waals surface area contributed by atoms with Crippen molar-refractivity contribution in [3.8, 4) is 5.75 Å². The molecule has 0 fully saturated rings. The first kappa shape index (κ1) is 20.3. The number of amides is 1. The van der Waals surface area contributed by atoms with Crippen LogP contribution < -0.4 is 10.2 Å². The maximum absolute atomic E-state index is 12.3. The smallest absolute Gasteiger partial charge is 0.271 e. The monoisotopic (exact) mass is 500 g/mol. The van der Waals surface area contributed by atoms with E-state index >= 15 is 0 Å². The van der Waals surface area contributed by atoms with Gasteiger partial charge >= 0.3 is 0 Å². The lowest BCUT2D eigenvalue weighted by atomic mass is 10.1. The molecule has 142 valence electrons. The second-order valence-corrected chi connectivity index (χ2v) is 7.86. The minimum Gasteiger partial charge on any atom is -0.487 e. The molecule has 0 radical (unpaired) electrons. The highest BCUT2D eigenvalue weighted by atomic mass is 79.9. The summed E-state index contributed by atoms with van der Waals surface area (Å²) in [6.45, 7) is 2.32. The fourth-order valence-corrected chi connectivity index (χ4v) is 3.98. The molecule has 0 saturated carbocycles. The number of ether oxygens (including phenoxy) is 1. The van der Waals surface area contributed by atoms with Crippen LogP contribution in [0.25, 0.3) is 0 Å². The third kappa shape index (κ3) is 5.30. The summed E-state index contributed by atoms with van der Waals surface area (Å²) in [6, 6.07) is 21.1. The number of halogens is 2. The van der Waals surface area contributed by atoms with Crippen molar-refractivity contribution in [1.29, 1.82) is 0 Å². The Bertz CT molecular complexity index is 1000. The zero-order valence-electron chi connectivity index (χ0n) is 15.2. The highest BCUT2D eigenvalue weighted by Gasteiger charge is 2.10. The Morgan fingerprint density at radius 3 is 2.54 bits per heavy atom. The minimum atomic E-state index is -0.254. The molecule has 1 N–H and O–H groups in total. The van der Waals surface area contributed by atoms with Crippen LogP contribution in [0.15, 0.2) is 80.8 Å². The second kappa shape index (κ2) is 9.66. The molecule has 0 aliphatic carbocycles. The molecule has 0 unspecified atom stereocenters. The van der Waals surface area contributed by atoms with E-state index in [1.807, 2.05) is 67.6 Å². The lowest BCUT2D eigenvalue weighted by Crippen LogP contribution is -2.18. The lowest BCUT2D eigenvalue weighted by Gasteiger charge is -2.12. The lowest BCUT2D eigenvalue weighted by molar-refractivity contribution is 0.0954. The number of aryl methyl sites for hydroxylation is 1. The number of nitrogens with one attached hydrogen (secondary N) is 1. The molecule has 6 heteroatoms. The van der Waals surface area contributed by atoms with Gasteiger partial charge in [-0.2, -0.15) is 5.10 Å². The van der Waals surface area contributed by atoms with Crippen LogP contribution in [0.5, 0.6) is 5.75 Å². The van der Waals surface area contributed by atoms with E-state index < -0.39 is 0 Å². The highest BCUT2D eigenvalue weighted by Crippen LogP contribution is 2.32. The summed E-state index contributed by atoms with van der Waals surface area (Å²) in [5.41, 5.74) is 5.86. The summed E-state index contributed by atoms with van der Waals surface area (Å²) >= 11 is 7.01. The fraction of sp³-hybridized carbons (Fsp3) is 0.0909. The number of rotatable bonds is 6. The summed E-state index contributed by atoms with van der Waals surface area (Å²) in [4.78, 5) is 12.3. The number of hydrogen-bond acceptors (Lipinski definition) is 3. The van der Waals surface area contributed by atoms with E-state index in [1.165, 1.54) is 0 Å². The molecule has 3 aromatic rings. The van der Waals surface area contributed by atoms with E-state index in [9.17, 15) is 4.79 Å². The quantitative estimate of drug-likeness (QED) is 0.339. The van der Waals surface area contributed by atoms with Gasteiger partial charge in [0, 0.05) is 15.6 Å². The van der Waals surface area contributed by atoms with E-state index in [2.05, 4.69) is 42.4 Å². The predicted molar refractivity (Wildman–Crippen MR) is 119 cm³/mol. The molecule has 1 amide bonds. The number of hydrogen-bond donors (Lipinski definition) is 1. The predicted octanol–water partition coefficient (Wildman–Crippen LogP) is 5.86. The number of nitrogens with zero attached hydrogens (tertiary/aromatic N) is 1. The van der Waals surface area contributed by atoms with Crippen molar-refractivity contribution in [3.05, 3.63) is 97.9 Å². The van der Waals surface area contributed by atoms with Gasteiger partial charge in [0.2, 0.25) is 0 Å². The van der Waals surface area contributed by atoms with Crippen LogP contribution in [-0.2, 0) is 6.61 Å². The number of carbonyl (C=O) groups is 1. The Morgan fingerprint density at radius 1 is 1.07 bits per heavy atom. The maximum Gasteiger partial charge on any atom is 0.271 e. The molecule has 0 bridgehead atoms. The first-order chi connectivity index (χ1) is 13.5. The van der Waals surface area contributed by atoms with Crippen molar-refractivity contribution in [3.63, 3.8) is 0 Å². The van der Waals surface area contributed by atoms with Crippen LogP contribution in [0, 0.1) is 6.92 Å². The van der Waals surface area contributed by atoms with E-state index in [0.717, 1.165) is 25.6 Å². The Kier molecular flexibility index (Phi) is 7.01. The molecule has 0 spiro atoms. The van der Waals surface area contributed by atoms with Crippen molar-refractivity contribution < 1.29 is 9.53 Å². The number of carbonyl (C=O) groups excluding carboxylic acids is 1. The van der Waals surface area contributed by atoms with Crippen LogP contribution in [-0.4, -0.2) is 12.1 Å². The van der Waals surface area contributed by atoms with Crippen LogP contribution in [0.2, 0.25) is 0 Å². The molecule has 0 heterocycles. The van der Waals surface area contributed by atoms with Gasteiger partial charge in [-0.1, -0.05) is 64.5 Å². The molecule has 0 aromatic heterocycles. The number of benzene rings is 3. The normalized spacial score (nSPS) is 10.8. The summed E-state index contributed by atoms with van der Waals surface area (Å²) in [7, 11) is 0. The molecule has 28 heavy (non-hydrogen) atoms. The van der Waals surface area contributed by atoms with Crippen LogP contribution in [0.1, 0.15) is 27.0 Å². The van der Waals surface area contributed by atoms with E-state index in [0.29, 0.717) is 17.9 Å². The van der Waals surface area contributed by atoms with Crippen LogP contribution >= 0.6 is 31.9 Å². The molecule has 3 aromatic carbocycles. The summed E-state index contributed by atoms with van der Waals surface area (Å²) in [5.74, 6) is 0.399. The van der Waals surface area contributed by atoms with E-state index in [-0.39, 0.29) is 5.91 Å². The van der Waals surface area contributed by atoms with Crippen molar-refractivity contribution in [1.82, 2.24) is 5.43 Å². The van der Waals surface area contributed by atoms with Crippen LogP contribution in [0.3, 0.4) is 0 Å². The zero-order valence-corrected chi connectivity index (χ0v) is 18.3. The van der Waals surface area contributed by atoms with E-state index in [4.69, 9.17) is 4.74 Å². The van der Waals surface area contributed by atoms with Crippen molar-refractivity contribution in [2.45, 2.75) is 13.5 Å². The standard InChI is InChI=1S/C22H18Br2N2O2/c1-15-7-5-6-10-19(15)22(27)26-25-13-17-11-18(23)12-20(24)21(17)28-14-16-8-3-2-4-9-16/h2-13H,14H2,1H3,(H,26,27)/b25-13-. The first-order valence-electron chi connectivity index (χ1n) is 8.59. The molecular formula is C22H18Br2N2O2. The summed E-state index contributed by atoms with van der Waals surface area (Å²) in [6.07, 6.45) is 1.58. The van der Waals surface area contributed by atoms with Crippen molar-refractivity contribution in [2.75, 3.05) is 0 Å². The molecule has 0 atom stereocenters. The third-order valence-electron chi connectivity index (χ3n) is 4.02. The molecule has 3 rings (SSSR count). The van der Waals surface area contributed by atoms with Gasteiger partial charge in [0.1, 0.15) is 12.4 Å². The van der Waals surface area contributed by atoms with Crippen molar-refractivity contribution >= 4 is 44.0 Å². The molecule has 0 saturated heterocycles. The number of hydrazone groups is 1. The van der Waals surface area contributed by atoms with Gasteiger partial charge in [0.15, 0.2) is 0 Å². The first-order valence-corrected chi connectivity index (χ1v) is 10.2. The maximum atomic E-state index is 12.3. The summed E-state index contributed by atoms with van der Waals surface area (Å²) in [5, 5.41) is 4.11. The second-order valence-electron chi connectivity index (χ2n) is 6.09. The van der Waals surface area contributed by atoms with Gasteiger partial charge in [0.25, 0.3) is 5.91 Å². The minimum absolute atomic E-state index is 0.254. The fourth-order valence-electron chi connectivity index (χ4n) is 2.61. The topological polar surface area (TPSA) is 50.7 Å². The van der Waals surface area contributed by atoms with Gasteiger partial charge in [-0.05, 0) is 52.2 Å². The Morgan fingerprint density at radius 2 is 1.79 bits per heavy atom. The SMILES string of the molecule is Cc1ccccc1C(=O)N/N=C\c1cc(Br)cc(Br)c1OCc1ccccc1. The van der Waals surface area contributed by atoms with Gasteiger partial charge < -0.3 is 4.74 Å². The molecule has 4 nitrogen and oxygen atoms in total. The molecule has 0 aliphatic rings. The average molecular weight is 502 g/mol. The highest BCUT2D eigenvalue weighted by molar-refractivity contribution is 9.11. The third-order valence-corrected chi connectivity index (χ3v) is 5.07.